The van der Waals surface area contributed by atoms with Crippen LogP contribution < -0.4 is 4.74 Å². The summed E-state index contributed by atoms with van der Waals surface area (Å²) in [6.45, 7) is 2.62. The van der Waals surface area contributed by atoms with Gasteiger partial charge in [0.05, 0.1) is 23.6 Å². The maximum Gasteiger partial charge on any atom is 0.253 e. The maximum absolute atomic E-state index is 13.1. The molecule has 2 aromatic carbocycles. The van der Waals surface area contributed by atoms with Crippen LogP contribution in [0.3, 0.4) is 0 Å². The van der Waals surface area contributed by atoms with Crippen LogP contribution in [0.25, 0.3) is 0 Å². The Morgan fingerprint density at radius 2 is 2.03 bits per heavy atom. The molecule has 1 atom stereocenters. The summed E-state index contributed by atoms with van der Waals surface area (Å²) in [7, 11) is 0. The quantitative estimate of drug-likeness (QED) is 0.576. The monoisotopic (exact) mass is 451 g/mol. The molecule has 3 heterocycles. The van der Waals surface area contributed by atoms with Crippen molar-refractivity contribution in [3.05, 3.63) is 83.4 Å². The first-order valence-corrected chi connectivity index (χ1v) is 11.4. The summed E-state index contributed by atoms with van der Waals surface area (Å²) in [4.78, 5) is 19.1. The average molecular weight is 452 g/mol. The van der Waals surface area contributed by atoms with Gasteiger partial charge in [0.2, 0.25) is 0 Å². The number of hydrogen-bond donors (Lipinski definition) is 0. The number of benzene rings is 2. The Labute approximate surface area is 192 Å². The third kappa shape index (κ3) is 4.52. The second-order valence-electron chi connectivity index (χ2n) is 8.60. The minimum absolute atomic E-state index is 0.0167. The molecule has 166 valence electrons. The summed E-state index contributed by atoms with van der Waals surface area (Å²) in [6.07, 6.45) is 7.89. The lowest BCUT2D eigenvalue weighted by molar-refractivity contribution is -0.0395. The van der Waals surface area contributed by atoms with Crippen LogP contribution >= 0.6 is 11.6 Å². The summed E-state index contributed by atoms with van der Waals surface area (Å²) >= 11 is 6.23. The van der Waals surface area contributed by atoms with Crippen molar-refractivity contribution in [1.82, 2.24) is 14.5 Å². The SMILES string of the molecule is O=C(c1cccc(Cn2ccnc2)c1)N1CCC2(CC1)C[C@@H](Oc1ccccc1Cl)CO2. The van der Waals surface area contributed by atoms with Gasteiger partial charge in [-0.25, -0.2) is 4.98 Å². The van der Waals surface area contributed by atoms with Gasteiger partial charge >= 0.3 is 0 Å². The fourth-order valence-corrected chi connectivity index (χ4v) is 4.82. The molecular weight excluding hydrogens is 426 g/mol. The van der Waals surface area contributed by atoms with E-state index in [2.05, 4.69) is 4.98 Å². The van der Waals surface area contributed by atoms with Gasteiger partial charge in [-0.15, -0.1) is 0 Å². The molecule has 2 aliphatic rings. The van der Waals surface area contributed by atoms with Gasteiger partial charge in [-0.05, 0) is 42.7 Å². The van der Waals surface area contributed by atoms with E-state index in [4.69, 9.17) is 21.1 Å². The van der Waals surface area contributed by atoms with Gasteiger partial charge in [0, 0.05) is 44.0 Å². The van der Waals surface area contributed by atoms with Gasteiger partial charge < -0.3 is 18.9 Å². The Hall–Kier alpha value is -2.83. The number of imidazole rings is 1. The molecule has 0 aliphatic carbocycles. The highest BCUT2D eigenvalue weighted by Gasteiger charge is 2.44. The van der Waals surface area contributed by atoms with Crippen molar-refractivity contribution in [3.63, 3.8) is 0 Å². The summed E-state index contributed by atoms with van der Waals surface area (Å²) < 4.78 is 14.3. The van der Waals surface area contributed by atoms with Gasteiger partial charge in [-0.1, -0.05) is 35.9 Å². The molecule has 2 aliphatic heterocycles. The number of para-hydroxylation sites is 1. The van der Waals surface area contributed by atoms with E-state index in [9.17, 15) is 4.79 Å². The number of ether oxygens (including phenoxy) is 2. The van der Waals surface area contributed by atoms with Crippen LogP contribution in [0.2, 0.25) is 5.02 Å². The molecule has 6 nitrogen and oxygen atoms in total. The van der Waals surface area contributed by atoms with E-state index in [1.807, 2.05) is 64.2 Å². The fraction of sp³-hybridized carbons (Fsp3) is 0.360. The van der Waals surface area contributed by atoms with Crippen LogP contribution in [-0.2, 0) is 11.3 Å². The molecule has 2 saturated heterocycles. The lowest BCUT2D eigenvalue weighted by Gasteiger charge is -2.38. The molecule has 0 bridgehead atoms. The first-order chi connectivity index (χ1) is 15.6. The van der Waals surface area contributed by atoms with Crippen LogP contribution in [0.5, 0.6) is 5.75 Å². The van der Waals surface area contributed by atoms with Gasteiger partial charge in [-0.2, -0.15) is 0 Å². The number of likely N-dealkylation sites (tertiary alicyclic amines) is 1. The number of piperidine rings is 1. The van der Waals surface area contributed by atoms with Crippen LogP contribution in [0.1, 0.15) is 35.2 Å². The third-order valence-electron chi connectivity index (χ3n) is 6.37. The topological polar surface area (TPSA) is 56.6 Å². The second-order valence-corrected chi connectivity index (χ2v) is 9.00. The largest absolute Gasteiger partial charge is 0.486 e. The number of hydrogen-bond acceptors (Lipinski definition) is 4. The summed E-state index contributed by atoms with van der Waals surface area (Å²) in [5.41, 5.74) is 1.60. The Morgan fingerprint density at radius 3 is 2.81 bits per heavy atom. The van der Waals surface area contributed by atoms with Crippen molar-refractivity contribution in [2.75, 3.05) is 19.7 Å². The van der Waals surface area contributed by atoms with E-state index >= 15 is 0 Å². The first-order valence-electron chi connectivity index (χ1n) is 11.0. The van der Waals surface area contributed by atoms with Crippen LogP contribution in [0.15, 0.2) is 67.3 Å². The molecule has 1 amide bonds. The number of aromatic nitrogens is 2. The van der Waals surface area contributed by atoms with Crippen molar-refractivity contribution < 1.29 is 14.3 Å². The minimum atomic E-state index is -0.216. The van der Waals surface area contributed by atoms with E-state index in [-0.39, 0.29) is 17.6 Å². The molecule has 2 fully saturated rings. The lowest BCUT2D eigenvalue weighted by atomic mass is 9.87. The van der Waals surface area contributed by atoms with Gasteiger partial charge in [0.15, 0.2) is 0 Å². The average Bonchev–Trinajstić information content (AvgIpc) is 3.46. The molecule has 0 N–H and O–H groups in total. The Bertz CT molecular complexity index is 1080. The molecule has 1 aromatic heterocycles. The molecule has 0 unspecified atom stereocenters. The van der Waals surface area contributed by atoms with Crippen molar-refractivity contribution in [3.8, 4) is 5.75 Å². The predicted octanol–water partition coefficient (Wildman–Crippen LogP) is 4.43. The highest BCUT2D eigenvalue weighted by molar-refractivity contribution is 6.32. The smallest absolute Gasteiger partial charge is 0.253 e. The molecule has 32 heavy (non-hydrogen) atoms. The molecule has 0 saturated carbocycles. The Kier molecular flexibility index (Phi) is 5.89. The van der Waals surface area contributed by atoms with Crippen LogP contribution in [-0.4, -0.2) is 51.8 Å². The summed E-state index contributed by atoms with van der Waals surface area (Å²) in [6, 6.07) is 15.4. The van der Waals surface area contributed by atoms with E-state index < -0.39 is 0 Å². The number of halogens is 1. The normalized spacial score (nSPS) is 19.9. The van der Waals surface area contributed by atoms with Crippen LogP contribution in [0, 0.1) is 0 Å². The molecular formula is C25H26ClN3O3. The number of nitrogens with zero attached hydrogens (tertiary/aromatic N) is 3. The second kappa shape index (κ2) is 8.96. The zero-order valence-electron chi connectivity index (χ0n) is 17.8. The van der Waals surface area contributed by atoms with E-state index in [0.717, 1.165) is 30.4 Å². The number of carbonyl (C=O) groups excluding carboxylic acids is 1. The van der Waals surface area contributed by atoms with Crippen LogP contribution in [0.4, 0.5) is 0 Å². The molecule has 5 rings (SSSR count). The highest BCUT2D eigenvalue weighted by atomic mass is 35.5. The van der Waals surface area contributed by atoms with Gasteiger partial charge in [0.25, 0.3) is 5.91 Å². The standard InChI is InChI=1S/C25H26ClN3O3/c26-22-6-1-2-7-23(22)32-21-15-25(31-17-21)8-11-29(12-9-25)24(30)20-5-3-4-19(14-20)16-28-13-10-27-18-28/h1-7,10,13-14,18,21H,8-9,11-12,15-17H2/t21-/m1/s1. The fourth-order valence-electron chi connectivity index (χ4n) is 4.64. The van der Waals surface area contributed by atoms with Crippen molar-refractivity contribution in [2.45, 2.75) is 37.5 Å². The summed E-state index contributed by atoms with van der Waals surface area (Å²) in [5.74, 6) is 0.775. The molecule has 0 radical (unpaired) electrons. The summed E-state index contributed by atoms with van der Waals surface area (Å²) in [5, 5.41) is 0.615. The number of carbonyl (C=O) groups is 1. The van der Waals surface area contributed by atoms with Gasteiger partial charge in [-0.3, -0.25) is 4.79 Å². The Balaban J connectivity index is 1.18. The highest BCUT2D eigenvalue weighted by Crippen LogP contribution is 2.38. The Morgan fingerprint density at radius 1 is 1.19 bits per heavy atom. The molecule has 3 aromatic rings. The zero-order chi connectivity index (χ0) is 22.0. The van der Waals surface area contributed by atoms with E-state index in [1.54, 1.807) is 12.5 Å². The number of amides is 1. The third-order valence-corrected chi connectivity index (χ3v) is 6.68. The zero-order valence-corrected chi connectivity index (χ0v) is 18.6. The van der Waals surface area contributed by atoms with E-state index in [0.29, 0.717) is 37.0 Å². The van der Waals surface area contributed by atoms with Crippen molar-refractivity contribution in [1.29, 1.82) is 0 Å². The first kappa shape index (κ1) is 21.0. The lowest BCUT2D eigenvalue weighted by Crippen LogP contribution is -2.46. The predicted molar refractivity (Wildman–Crippen MR) is 122 cm³/mol. The van der Waals surface area contributed by atoms with Gasteiger partial charge in [0.1, 0.15) is 11.9 Å². The maximum atomic E-state index is 13.1. The van der Waals surface area contributed by atoms with E-state index in [1.165, 1.54) is 0 Å². The minimum Gasteiger partial charge on any atom is -0.486 e. The van der Waals surface area contributed by atoms with Crippen molar-refractivity contribution in [2.24, 2.45) is 0 Å². The molecule has 7 heteroatoms. The number of rotatable bonds is 5. The van der Waals surface area contributed by atoms with Crippen molar-refractivity contribution >= 4 is 17.5 Å². The molecule has 1 spiro atoms.